The molecule has 0 saturated heterocycles. The van der Waals surface area contributed by atoms with Crippen molar-refractivity contribution in [1.29, 1.82) is 0 Å². The molecule has 1 fully saturated rings. The number of aromatic nitrogens is 2. The van der Waals surface area contributed by atoms with Crippen molar-refractivity contribution in [2.75, 3.05) is 5.32 Å². The summed E-state index contributed by atoms with van der Waals surface area (Å²) >= 11 is 0. The molecule has 0 radical (unpaired) electrons. The number of hydrogen-bond donors (Lipinski definition) is 1. The van der Waals surface area contributed by atoms with Crippen LogP contribution in [-0.4, -0.2) is 16.0 Å². The van der Waals surface area contributed by atoms with Gasteiger partial charge in [-0.1, -0.05) is 56.3 Å². The standard InChI is InChI=1S/C32H34F2N4/c1-4-23-7-6-18-35-31(26-20-36-38(3)21-26)30(23)25-12-16-28(17-13-25)37-29(24-10-11-24)19-22-8-14-27(15-9-22)32(33,34)5-2/h6-9,12-18,20-21,23,37H,4-5,10-11,19H2,1-3H3. The van der Waals surface area contributed by atoms with E-state index < -0.39 is 5.92 Å². The maximum Gasteiger partial charge on any atom is 0.273 e. The minimum atomic E-state index is -2.78. The van der Waals surface area contributed by atoms with Crippen molar-refractivity contribution in [2.24, 2.45) is 18.0 Å². The van der Waals surface area contributed by atoms with Gasteiger partial charge in [-0.25, -0.2) is 8.78 Å². The van der Waals surface area contributed by atoms with Gasteiger partial charge < -0.3 is 5.32 Å². The lowest BCUT2D eigenvalue weighted by Crippen LogP contribution is -2.11. The molecule has 0 amide bonds. The van der Waals surface area contributed by atoms with Crippen LogP contribution in [-0.2, 0) is 19.4 Å². The molecule has 196 valence electrons. The van der Waals surface area contributed by atoms with Crippen LogP contribution < -0.4 is 5.32 Å². The molecule has 1 aliphatic carbocycles. The maximum absolute atomic E-state index is 14.0. The summed E-state index contributed by atoms with van der Waals surface area (Å²) in [6.45, 7) is 3.71. The number of aliphatic imine (C=N–C) groups is 1. The van der Waals surface area contributed by atoms with Crippen molar-refractivity contribution in [3.63, 3.8) is 0 Å². The monoisotopic (exact) mass is 512 g/mol. The zero-order valence-electron chi connectivity index (χ0n) is 22.2. The van der Waals surface area contributed by atoms with Gasteiger partial charge in [0.25, 0.3) is 5.92 Å². The highest BCUT2D eigenvalue weighted by atomic mass is 19.3. The topological polar surface area (TPSA) is 42.2 Å². The number of hydrogen-bond acceptors (Lipinski definition) is 3. The van der Waals surface area contributed by atoms with Crippen LogP contribution in [0.25, 0.3) is 11.3 Å². The van der Waals surface area contributed by atoms with Crippen LogP contribution in [0, 0.1) is 5.92 Å². The third kappa shape index (κ3) is 5.69. The zero-order chi connectivity index (χ0) is 26.7. The molecule has 38 heavy (non-hydrogen) atoms. The molecule has 2 aromatic carbocycles. The van der Waals surface area contributed by atoms with Gasteiger partial charge in [0.05, 0.1) is 11.9 Å². The van der Waals surface area contributed by atoms with Crippen molar-refractivity contribution < 1.29 is 8.78 Å². The Morgan fingerprint density at radius 3 is 2.37 bits per heavy atom. The van der Waals surface area contributed by atoms with E-state index in [4.69, 9.17) is 4.99 Å². The fraction of sp³-hybridized carbons (Fsp3) is 0.312. The first-order valence-electron chi connectivity index (χ1n) is 13.4. The number of aryl methyl sites for hydroxylation is 1. The van der Waals surface area contributed by atoms with Crippen LogP contribution in [0.2, 0.25) is 0 Å². The smallest absolute Gasteiger partial charge is 0.273 e. The van der Waals surface area contributed by atoms with E-state index in [-0.39, 0.29) is 17.9 Å². The number of anilines is 1. The molecule has 1 saturated carbocycles. The third-order valence-corrected chi connectivity index (χ3v) is 7.30. The van der Waals surface area contributed by atoms with Crippen LogP contribution >= 0.6 is 0 Å². The lowest BCUT2D eigenvalue weighted by atomic mass is 9.87. The van der Waals surface area contributed by atoms with E-state index in [2.05, 4.69) is 47.7 Å². The normalized spacial score (nSPS) is 17.1. The Bertz CT molecular complexity index is 1400. The predicted molar refractivity (Wildman–Crippen MR) is 152 cm³/mol. The summed E-state index contributed by atoms with van der Waals surface area (Å²) in [7, 11) is 1.92. The van der Waals surface area contributed by atoms with Gasteiger partial charge in [0.15, 0.2) is 0 Å². The fourth-order valence-electron chi connectivity index (χ4n) is 4.91. The molecule has 2 aliphatic rings. The quantitative estimate of drug-likeness (QED) is 0.314. The van der Waals surface area contributed by atoms with Gasteiger partial charge in [-0.15, -0.1) is 0 Å². The van der Waals surface area contributed by atoms with Gasteiger partial charge in [0, 0.05) is 60.7 Å². The molecule has 1 aromatic heterocycles. The van der Waals surface area contributed by atoms with E-state index in [1.165, 1.54) is 18.1 Å². The lowest BCUT2D eigenvalue weighted by molar-refractivity contribution is -0.00829. The summed E-state index contributed by atoms with van der Waals surface area (Å²) in [5.41, 5.74) is 8.97. The molecule has 0 spiro atoms. The van der Waals surface area contributed by atoms with Crippen molar-refractivity contribution in [3.05, 3.63) is 107 Å². The van der Waals surface area contributed by atoms with E-state index in [0.717, 1.165) is 53.0 Å². The average molecular weight is 513 g/mol. The Morgan fingerprint density at radius 2 is 1.76 bits per heavy atom. The molecule has 4 nitrogen and oxygen atoms in total. The number of nitrogens with zero attached hydrogens (tertiary/aromatic N) is 3. The largest absolute Gasteiger partial charge is 0.359 e. The Balaban J connectivity index is 1.38. The Morgan fingerprint density at radius 1 is 1.03 bits per heavy atom. The first kappa shape index (κ1) is 25.8. The number of allylic oxidation sites excluding steroid dienone is 5. The first-order valence-corrected chi connectivity index (χ1v) is 13.4. The maximum atomic E-state index is 14.0. The van der Waals surface area contributed by atoms with Gasteiger partial charge in [-0.2, -0.15) is 5.10 Å². The number of benzene rings is 2. The van der Waals surface area contributed by atoms with Crippen LogP contribution in [0.1, 0.15) is 61.8 Å². The van der Waals surface area contributed by atoms with Crippen molar-refractivity contribution in [3.8, 4) is 0 Å². The second-order valence-electron chi connectivity index (χ2n) is 10.1. The van der Waals surface area contributed by atoms with Gasteiger partial charge >= 0.3 is 0 Å². The van der Waals surface area contributed by atoms with Crippen LogP contribution in [0.4, 0.5) is 14.5 Å². The number of halogens is 2. The van der Waals surface area contributed by atoms with Crippen molar-refractivity contribution >= 4 is 23.2 Å². The van der Waals surface area contributed by atoms with E-state index >= 15 is 0 Å². The zero-order valence-corrected chi connectivity index (χ0v) is 22.2. The SMILES string of the molecule is CCC1C=CC=NC(c2cnn(C)c2)=C1c1ccc(NC(Cc2ccc(C(F)(F)CC)cc2)=C2CC2)cc1. The number of rotatable bonds is 9. The number of nitrogens with one attached hydrogen (secondary N) is 1. The van der Waals surface area contributed by atoms with Crippen molar-refractivity contribution in [1.82, 2.24) is 9.78 Å². The highest BCUT2D eigenvalue weighted by Gasteiger charge is 2.28. The van der Waals surface area contributed by atoms with Gasteiger partial charge in [-0.05, 0) is 59.7 Å². The van der Waals surface area contributed by atoms with Crippen molar-refractivity contribution in [2.45, 2.75) is 51.9 Å². The summed E-state index contributed by atoms with van der Waals surface area (Å²) in [4.78, 5) is 4.78. The molecule has 5 rings (SSSR count). The van der Waals surface area contributed by atoms with Gasteiger partial charge in [0.1, 0.15) is 0 Å². The fourth-order valence-corrected chi connectivity index (χ4v) is 4.91. The molecular formula is C32H34F2N4. The molecule has 1 N–H and O–H groups in total. The average Bonchev–Trinajstić information content (AvgIpc) is 3.72. The highest BCUT2D eigenvalue weighted by Crippen LogP contribution is 2.38. The Hall–Kier alpha value is -3.80. The molecule has 1 unspecified atom stereocenters. The minimum absolute atomic E-state index is 0.0796. The summed E-state index contributed by atoms with van der Waals surface area (Å²) < 4.78 is 29.8. The molecule has 6 heteroatoms. The lowest BCUT2D eigenvalue weighted by Gasteiger charge is -2.19. The highest BCUT2D eigenvalue weighted by molar-refractivity contribution is 5.97. The molecule has 0 bridgehead atoms. The molecule has 3 aromatic rings. The molecular weight excluding hydrogens is 478 g/mol. The van der Waals surface area contributed by atoms with E-state index in [1.807, 2.05) is 43.9 Å². The molecule has 2 heterocycles. The summed E-state index contributed by atoms with van der Waals surface area (Å²) in [6.07, 6.45) is 13.6. The Labute approximate surface area is 223 Å². The molecule has 1 atom stereocenters. The van der Waals surface area contributed by atoms with E-state index in [9.17, 15) is 8.78 Å². The third-order valence-electron chi connectivity index (χ3n) is 7.30. The van der Waals surface area contributed by atoms with Gasteiger partial charge in [-0.3, -0.25) is 9.67 Å². The van der Waals surface area contributed by atoms with Gasteiger partial charge in [0.2, 0.25) is 0 Å². The summed E-state index contributed by atoms with van der Waals surface area (Å²) in [6, 6.07) is 15.3. The van der Waals surface area contributed by atoms with Crippen LogP contribution in [0.5, 0.6) is 0 Å². The van der Waals surface area contributed by atoms with Crippen LogP contribution in [0.15, 0.2) is 89.3 Å². The van der Waals surface area contributed by atoms with Crippen LogP contribution in [0.3, 0.4) is 0 Å². The first-order chi connectivity index (χ1) is 18.4. The summed E-state index contributed by atoms with van der Waals surface area (Å²) in [5.74, 6) is -2.53. The van der Waals surface area contributed by atoms with E-state index in [1.54, 1.807) is 16.8 Å². The predicted octanol–water partition coefficient (Wildman–Crippen LogP) is 8.16. The minimum Gasteiger partial charge on any atom is -0.359 e. The second kappa shape index (κ2) is 10.9. The number of alkyl halides is 2. The summed E-state index contributed by atoms with van der Waals surface area (Å²) in [5, 5.41) is 7.98. The Kier molecular flexibility index (Phi) is 7.41. The molecule has 1 aliphatic heterocycles. The second-order valence-corrected chi connectivity index (χ2v) is 10.1. The van der Waals surface area contributed by atoms with E-state index in [0.29, 0.717) is 6.42 Å².